The number of likely N-dealkylation sites (tertiary alicyclic amines) is 1. The third-order valence-corrected chi connectivity index (χ3v) is 7.69. The minimum absolute atomic E-state index is 0.114. The summed E-state index contributed by atoms with van der Waals surface area (Å²) in [6, 6.07) is 7.63. The molecular formula is C22H34N2O4S. The first-order valence-corrected chi connectivity index (χ1v) is 12.4. The van der Waals surface area contributed by atoms with Gasteiger partial charge in [0.15, 0.2) is 5.75 Å². The lowest BCUT2D eigenvalue weighted by Crippen LogP contribution is -2.30. The number of fused-ring (bicyclic) bond motifs is 1. The largest absolute Gasteiger partial charge is 0.465 e. The molecule has 2 unspecified atom stereocenters. The van der Waals surface area contributed by atoms with Gasteiger partial charge in [-0.3, -0.25) is 9.52 Å². The Morgan fingerprint density at radius 3 is 2.59 bits per heavy atom. The summed E-state index contributed by atoms with van der Waals surface area (Å²) in [6.07, 6.45) is 5.18. The lowest BCUT2D eigenvalue weighted by molar-refractivity contribution is -0.139. The maximum absolute atomic E-state index is 12.2. The number of anilines is 1. The second-order valence-electron chi connectivity index (χ2n) is 8.56. The Hall–Kier alpha value is -1.60. The summed E-state index contributed by atoms with van der Waals surface area (Å²) in [6.45, 7) is 9.81. The van der Waals surface area contributed by atoms with Crippen LogP contribution in [0.3, 0.4) is 0 Å². The third kappa shape index (κ3) is 5.12. The van der Waals surface area contributed by atoms with Crippen molar-refractivity contribution < 1.29 is 17.9 Å². The van der Waals surface area contributed by atoms with Crippen LogP contribution < -0.4 is 4.72 Å². The van der Waals surface area contributed by atoms with Gasteiger partial charge in [-0.2, -0.15) is 0 Å². The first kappa shape index (κ1) is 22.1. The van der Waals surface area contributed by atoms with E-state index in [4.69, 9.17) is 4.74 Å². The van der Waals surface area contributed by atoms with Crippen molar-refractivity contribution in [3.05, 3.63) is 29.8 Å². The predicted octanol–water partition coefficient (Wildman–Crippen LogP) is 3.39. The van der Waals surface area contributed by atoms with Crippen LogP contribution in [0.5, 0.6) is 0 Å². The number of carbonyl (C=O) groups is 1. The van der Waals surface area contributed by atoms with Gasteiger partial charge in [0.05, 0.1) is 6.61 Å². The molecule has 3 rings (SSSR count). The zero-order valence-electron chi connectivity index (χ0n) is 17.8. The fourth-order valence-electron chi connectivity index (χ4n) is 4.83. The molecule has 1 N–H and O–H groups in total. The van der Waals surface area contributed by atoms with E-state index in [0.29, 0.717) is 17.5 Å². The van der Waals surface area contributed by atoms with Crippen LogP contribution in [0.2, 0.25) is 0 Å². The standard InChI is InChI=1S/C22H34N2O4S/c1-4-6-7-8-12-24-14-19-20(15-24)22(19,3)17-10-9-11-18(13-17)23-29(26,27)16-21(25)28-5-2/h9-11,13,19-20,23H,4-8,12,14-16H2,1-3H3. The van der Waals surface area contributed by atoms with Gasteiger partial charge in [-0.05, 0) is 49.4 Å². The molecule has 2 aliphatic rings. The van der Waals surface area contributed by atoms with Crippen molar-refractivity contribution in [2.24, 2.45) is 11.8 Å². The maximum atomic E-state index is 12.2. The van der Waals surface area contributed by atoms with Crippen LogP contribution in [0, 0.1) is 11.8 Å². The average Bonchev–Trinajstić information content (AvgIpc) is 3.01. The van der Waals surface area contributed by atoms with Gasteiger partial charge in [-0.15, -0.1) is 0 Å². The number of hydrogen-bond acceptors (Lipinski definition) is 5. The van der Waals surface area contributed by atoms with Crippen molar-refractivity contribution in [3.63, 3.8) is 0 Å². The minimum Gasteiger partial charge on any atom is -0.465 e. The van der Waals surface area contributed by atoms with Crippen LogP contribution in [0.4, 0.5) is 5.69 Å². The topological polar surface area (TPSA) is 75.7 Å². The van der Waals surface area contributed by atoms with Gasteiger partial charge in [0.1, 0.15) is 0 Å². The van der Waals surface area contributed by atoms with Gasteiger partial charge in [-0.25, -0.2) is 8.42 Å². The number of sulfonamides is 1. The molecule has 1 saturated heterocycles. The second-order valence-corrected chi connectivity index (χ2v) is 10.3. The molecule has 6 nitrogen and oxygen atoms in total. The number of unbranched alkanes of at least 4 members (excludes halogenated alkanes) is 3. The van der Waals surface area contributed by atoms with Crippen LogP contribution in [0.1, 0.15) is 52.0 Å². The summed E-state index contributed by atoms with van der Waals surface area (Å²) in [5.41, 5.74) is 1.80. The van der Waals surface area contributed by atoms with Gasteiger partial charge in [0, 0.05) is 24.2 Å². The highest BCUT2D eigenvalue weighted by molar-refractivity contribution is 7.93. The van der Waals surface area contributed by atoms with E-state index < -0.39 is 21.7 Å². The lowest BCUT2D eigenvalue weighted by atomic mass is 9.92. The molecular weight excluding hydrogens is 388 g/mol. The zero-order chi connectivity index (χ0) is 21.1. The van der Waals surface area contributed by atoms with Gasteiger partial charge in [-0.1, -0.05) is 45.2 Å². The quantitative estimate of drug-likeness (QED) is 0.437. The molecule has 2 atom stereocenters. The lowest BCUT2D eigenvalue weighted by Gasteiger charge is -2.24. The normalized spacial score (nSPS) is 26.2. The van der Waals surface area contributed by atoms with Crippen molar-refractivity contribution >= 4 is 21.7 Å². The molecule has 1 aromatic carbocycles. The summed E-state index contributed by atoms with van der Waals surface area (Å²) in [7, 11) is -3.77. The molecule has 7 heteroatoms. The smallest absolute Gasteiger partial charge is 0.323 e. The molecule has 0 spiro atoms. The monoisotopic (exact) mass is 422 g/mol. The van der Waals surface area contributed by atoms with E-state index in [2.05, 4.69) is 29.5 Å². The number of nitrogens with one attached hydrogen (secondary N) is 1. The fraction of sp³-hybridized carbons (Fsp3) is 0.682. The Morgan fingerprint density at radius 1 is 1.21 bits per heavy atom. The molecule has 1 aliphatic carbocycles. The van der Waals surface area contributed by atoms with Crippen LogP contribution >= 0.6 is 0 Å². The summed E-state index contributed by atoms with van der Waals surface area (Å²) >= 11 is 0. The molecule has 1 aliphatic heterocycles. The highest BCUT2D eigenvalue weighted by atomic mass is 32.2. The number of ether oxygens (including phenoxy) is 1. The maximum Gasteiger partial charge on any atom is 0.323 e. The van der Waals surface area contributed by atoms with Crippen LogP contribution in [0.25, 0.3) is 0 Å². The van der Waals surface area contributed by atoms with Crippen molar-refractivity contribution in [2.45, 2.75) is 51.9 Å². The van der Waals surface area contributed by atoms with Crippen molar-refractivity contribution in [2.75, 3.05) is 36.7 Å². The Balaban J connectivity index is 1.58. The van der Waals surface area contributed by atoms with Crippen LogP contribution in [0.15, 0.2) is 24.3 Å². The van der Waals surface area contributed by atoms with E-state index >= 15 is 0 Å². The Labute approximate surface area is 175 Å². The van der Waals surface area contributed by atoms with E-state index in [1.54, 1.807) is 13.0 Å². The highest BCUT2D eigenvalue weighted by Crippen LogP contribution is 2.63. The molecule has 0 radical (unpaired) electrons. The molecule has 29 heavy (non-hydrogen) atoms. The first-order chi connectivity index (χ1) is 13.8. The van der Waals surface area contributed by atoms with Crippen molar-refractivity contribution in [3.8, 4) is 0 Å². The van der Waals surface area contributed by atoms with Gasteiger partial charge in [0.2, 0.25) is 10.0 Å². The fourth-order valence-corrected chi connectivity index (χ4v) is 5.78. The molecule has 0 aromatic heterocycles. The van der Waals surface area contributed by atoms with Gasteiger partial charge >= 0.3 is 5.97 Å². The zero-order valence-corrected chi connectivity index (χ0v) is 18.6. The molecule has 162 valence electrons. The SMILES string of the molecule is CCCCCCN1CC2C(C1)C2(C)c1cccc(NS(=O)(=O)CC(=O)OCC)c1. The van der Waals surface area contributed by atoms with E-state index in [1.165, 1.54) is 37.8 Å². The highest BCUT2D eigenvalue weighted by Gasteiger charge is 2.65. The minimum atomic E-state index is -3.77. The van der Waals surface area contributed by atoms with Crippen LogP contribution in [-0.4, -0.2) is 51.3 Å². The molecule has 1 saturated carbocycles. The summed E-state index contributed by atoms with van der Waals surface area (Å²) in [4.78, 5) is 14.1. The summed E-state index contributed by atoms with van der Waals surface area (Å²) in [5, 5.41) is 0. The summed E-state index contributed by atoms with van der Waals surface area (Å²) < 4.78 is 31.7. The number of rotatable bonds is 11. The first-order valence-electron chi connectivity index (χ1n) is 10.8. The Bertz CT molecular complexity index is 812. The number of nitrogens with zero attached hydrogens (tertiary/aromatic N) is 1. The van der Waals surface area contributed by atoms with Crippen LogP contribution in [-0.2, 0) is 25.0 Å². The number of hydrogen-bond donors (Lipinski definition) is 1. The number of piperidine rings is 1. The van der Waals surface area contributed by atoms with Gasteiger partial charge in [0.25, 0.3) is 0 Å². The Morgan fingerprint density at radius 2 is 1.93 bits per heavy atom. The molecule has 1 heterocycles. The van der Waals surface area contributed by atoms with E-state index in [0.717, 1.165) is 13.1 Å². The van der Waals surface area contributed by atoms with E-state index in [1.807, 2.05) is 12.1 Å². The number of esters is 1. The third-order valence-electron chi connectivity index (χ3n) is 6.53. The van der Waals surface area contributed by atoms with Crippen molar-refractivity contribution in [1.29, 1.82) is 0 Å². The molecule has 0 bridgehead atoms. The molecule has 2 fully saturated rings. The Kier molecular flexibility index (Phi) is 6.89. The summed E-state index contributed by atoms with van der Waals surface area (Å²) in [5.74, 6) is -0.125. The molecule has 1 aromatic rings. The van der Waals surface area contributed by atoms with Gasteiger partial charge < -0.3 is 9.64 Å². The average molecular weight is 423 g/mol. The number of benzene rings is 1. The predicted molar refractivity (Wildman–Crippen MR) is 115 cm³/mol. The van der Waals surface area contributed by atoms with E-state index in [-0.39, 0.29) is 12.0 Å². The second kappa shape index (κ2) is 9.04. The van der Waals surface area contributed by atoms with Crippen molar-refractivity contribution in [1.82, 2.24) is 4.90 Å². The molecule has 0 amide bonds. The van der Waals surface area contributed by atoms with E-state index in [9.17, 15) is 13.2 Å². The number of carbonyl (C=O) groups excluding carboxylic acids is 1.